The maximum absolute atomic E-state index is 11.1. The Hall–Kier alpha value is -1.68. The van der Waals surface area contributed by atoms with Crippen molar-refractivity contribution in [3.05, 3.63) is 40.9 Å². The van der Waals surface area contributed by atoms with Crippen LogP contribution in [-0.2, 0) is 16.0 Å². The molecule has 1 fully saturated rings. The Balaban J connectivity index is 1.72. The number of ether oxygens (including phenoxy) is 1. The average Bonchev–Trinajstić information content (AvgIpc) is 3.23. The molecule has 0 unspecified atom stereocenters. The van der Waals surface area contributed by atoms with E-state index in [9.17, 15) is 4.79 Å². The van der Waals surface area contributed by atoms with E-state index in [4.69, 9.17) is 0 Å². The summed E-state index contributed by atoms with van der Waals surface area (Å²) >= 11 is 1.64. The number of aromatic nitrogens is 1. The monoisotopic (exact) mass is 287 g/mol. The van der Waals surface area contributed by atoms with Crippen molar-refractivity contribution in [3.63, 3.8) is 0 Å². The standard InChI is InChI=1S/C16H17NO2S/c1-19-15(18)8-7-14-10-20-16(17-14)13-4-2-3-12(9-13)11-5-6-11/h2-4,9-11H,5-8H2,1H3. The summed E-state index contributed by atoms with van der Waals surface area (Å²) in [5.74, 6) is 0.573. The van der Waals surface area contributed by atoms with E-state index in [1.54, 1.807) is 11.3 Å². The first-order chi connectivity index (χ1) is 9.76. The molecule has 1 aliphatic rings. The molecule has 3 rings (SSSR count). The molecule has 4 heteroatoms. The number of aryl methyl sites for hydroxylation is 1. The van der Waals surface area contributed by atoms with Crippen LogP contribution in [0.3, 0.4) is 0 Å². The zero-order valence-electron chi connectivity index (χ0n) is 11.5. The first-order valence-corrected chi connectivity index (χ1v) is 7.76. The van der Waals surface area contributed by atoms with E-state index < -0.39 is 0 Å². The van der Waals surface area contributed by atoms with Crippen molar-refractivity contribution in [1.82, 2.24) is 4.98 Å². The molecule has 1 aliphatic carbocycles. The van der Waals surface area contributed by atoms with Gasteiger partial charge in [0.15, 0.2) is 0 Å². The minimum absolute atomic E-state index is 0.185. The van der Waals surface area contributed by atoms with Crippen molar-refractivity contribution in [1.29, 1.82) is 0 Å². The van der Waals surface area contributed by atoms with E-state index in [0.717, 1.165) is 16.6 Å². The number of carbonyl (C=O) groups is 1. The SMILES string of the molecule is COC(=O)CCc1csc(-c2cccc(C3CC3)c2)n1. The predicted octanol–water partition coefficient (Wildman–Crippen LogP) is 3.79. The summed E-state index contributed by atoms with van der Waals surface area (Å²) < 4.78 is 4.65. The van der Waals surface area contributed by atoms with Gasteiger partial charge in [0, 0.05) is 17.4 Å². The van der Waals surface area contributed by atoms with Gasteiger partial charge in [-0.2, -0.15) is 0 Å². The molecular formula is C16H17NO2S. The zero-order valence-corrected chi connectivity index (χ0v) is 12.3. The van der Waals surface area contributed by atoms with Gasteiger partial charge < -0.3 is 4.74 Å². The summed E-state index contributed by atoms with van der Waals surface area (Å²) in [7, 11) is 1.41. The molecule has 2 aromatic rings. The van der Waals surface area contributed by atoms with E-state index in [1.807, 2.05) is 5.38 Å². The summed E-state index contributed by atoms with van der Waals surface area (Å²) in [6.07, 6.45) is 3.66. The minimum Gasteiger partial charge on any atom is -0.469 e. The van der Waals surface area contributed by atoms with Crippen molar-refractivity contribution >= 4 is 17.3 Å². The van der Waals surface area contributed by atoms with Crippen LogP contribution in [0.2, 0.25) is 0 Å². The number of hydrogen-bond donors (Lipinski definition) is 0. The van der Waals surface area contributed by atoms with Crippen LogP contribution < -0.4 is 0 Å². The van der Waals surface area contributed by atoms with E-state index in [-0.39, 0.29) is 5.97 Å². The van der Waals surface area contributed by atoms with Crippen molar-refractivity contribution in [2.75, 3.05) is 7.11 Å². The van der Waals surface area contributed by atoms with E-state index in [2.05, 4.69) is 34.0 Å². The molecule has 1 aromatic carbocycles. The molecule has 0 saturated heterocycles. The first kappa shape index (κ1) is 13.3. The van der Waals surface area contributed by atoms with Gasteiger partial charge >= 0.3 is 5.97 Å². The number of benzene rings is 1. The molecule has 0 N–H and O–H groups in total. The second-order valence-corrected chi connectivity index (χ2v) is 5.98. The molecule has 0 radical (unpaired) electrons. The number of methoxy groups -OCH3 is 1. The van der Waals surface area contributed by atoms with Gasteiger partial charge in [-0.1, -0.05) is 18.2 Å². The van der Waals surface area contributed by atoms with Gasteiger partial charge in [0.1, 0.15) is 5.01 Å². The number of esters is 1. The number of rotatable bonds is 5. The molecule has 3 nitrogen and oxygen atoms in total. The lowest BCUT2D eigenvalue weighted by Gasteiger charge is -2.01. The lowest BCUT2D eigenvalue weighted by atomic mass is 10.1. The molecule has 104 valence electrons. The van der Waals surface area contributed by atoms with Gasteiger partial charge in [-0.25, -0.2) is 4.98 Å². The summed E-state index contributed by atoms with van der Waals surface area (Å²) in [4.78, 5) is 15.8. The minimum atomic E-state index is -0.185. The first-order valence-electron chi connectivity index (χ1n) is 6.88. The van der Waals surface area contributed by atoms with Gasteiger partial charge in [-0.3, -0.25) is 4.79 Å². The van der Waals surface area contributed by atoms with Gasteiger partial charge in [-0.05, 0) is 30.4 Å². The fourth-order valence-electron chi connectivity index (χ4n) is 2.23. The van der Waals surface area contributed by atoms with Crippen molar-refractivity contribution in [2.24, 2.45) is 0 Å². The third kappa shape index (κ3) is 3.07. The number of nitrogens with zero attached hydrogens (tertiary/aromatic N) is 1. The second kappa shape index (κ2) is 5.75. The van der Waals surface area contributed by atoms with E-state index >= 15 is 0 Å². The Morgan fingerprint density at radius 1 is 1.45 bits per heavy atom. The predicted molar refractivity (Wildman–Crippen MR) is 79.9 cm³/mol. The Kier molecular flexibility index (Phi) is 3.83. The Bertz CT molecular complexity index is 616. The smallest absolute Gasteiger partial charge is 0.305 e. The maximum atomic E-state index is 11.1. The summed E-state index contributed by atoms with van der Waals surface area (Å²) in [5.41, 5.74) is 3.57. The second-order valence-electron chi connectivity index (χ2n) is 5.12. The highest BCUT2D eigenvalue weighted by atomic mass is 32.1. The maximum Gasteiger partial charge on any atom is 0.305 e. The molecule has 0 bridgehead atoms. The number of thiazole rings is 1. The van der Waals surface area contributed by atoms with Crippen LogP contribution in [-0.4, -0.2) is 18.1 Å². The lowest BCUT2D eigenvalue weighted by Crippen LogP contribution is -2.01. The highest BCUT2D eigenvalue weighted by Gasteiger charge is 2.23. The fourth-order valence-corrected chi connectivity index (χ4v) is 3.08. The molecule has 1 saturated carbocycles. The third-order valence-corrected chi connectivity index (χ3v) is 4.49. The largest absolute Gasteiger partial charge is 0.469 e. The highest BCUT2D eigenvalue weighted by Crippen LogP contribution is 2.41. The molecule has 0 aliphatic heterocycles. The van der Waals surface area contributed by atoms with Crippen LogP contribution in [0.25, 0.3) is 10.6 Å². The summed E-state index contributed by atoms with van der Waals surface area (Å²) in [5, 5.41) is 3.06. The molecule has 1 aromatic heterocycles. The van der Waals surface area contributed by atoms with Gasteiger partial charge in [0.2, 0.25) is 0 Å². The van der Waals surface area contributed by atoms with Gasteiger partial charge in [-0.15, -0.1) is 11.3 Å². The van der Waals surface area contributed by atoms with E-state index in [0.29, 0.717) is 12.8 Å². The molecule has 20 heavy (non-hydrogen) atoms. The highest BCUT2D eigenvalue weighted by molar-refractivity contribution is 7.13. The molecular weight excluding hydrogens is 270 g/mol. The normalized spacial score (nSPS) is 14.2. The van der Waals surface area contributed by atoms with Crippen molar-refractivity contribution in [3.8, 4) is 10.6 Å². The molecule has 0 amide bonds. The third-order valence-electron chi connectivity index (χ3n) is 3.55. The average molecular weight is 287 g/mol. The Labute approximate surface area is 122 Å². The summed E-state index contributed by atoms with van der Waals surface area (Å²) in [6.45, 7) is 0. The summed E-state index contributed by atoms with van der Waals surface area (Å²) in [6, 6.07) is 8.67. The Morgan fingerprint density at radius 2 is 2.30 bits per heavy atom. The van der Waals surface area contributed by atoms with Crippen LogP contribution in [0, 0.1) is 0 Å². The van der Waals surface area contributed by atoms with Crippen molar-refractivity contribution < 1.29 is 9.53 Å². The van der Waals surface area contributed by atoms with Crippen LogP contribution in [0.5, 0.6) is 0 Å². The number of carbonyl (C=O) groups excluding carboxylic acids is 1. The molecule has 0 spiro atoms. The van der Waals surface area contributed by atoms with Crippen LogP contribution in [0.4, 0.5) is 0 Å². The van der Waals surface area contributed by atoms with Crippen LogP contribution in [0.1, 0.15) is 36.4 Å². The zero-order chi connectivity index (χ0) is 13.9. The molecule has 0 atom stereocenters. The molecule has 1 heterocycles. The van der Waals surface area contributed by atoms with E-state index in [1.165, 1.54) is 31.1 Å². The van der Waals surface area contributed by atoms with Crippen LogP contribution in [0.15, 0.2) is 29.6 Å². The van der Waals surface area contributed by atoms with Gasteiger partial charge in [0.25, 0.3) is 0 Å². The lowest BCUT2D eigenvalue weighted by molar-refractivity contribution is -0.140. The topological polar surface area (TPSA) is 39.2 Å². The van der Waals surface area contributed by atoms with Gasteiger partial charge in [0.05, 0.1) is 19.2 Å². The Morgan fingerprint density at radius 3 is 3.05 bits per heavy atom. The quantitative estimate of drug-likeness (QED) is 0.785. The number of hydrogen-bond acceptors (Lipinski definition) is 4. The fraction of sp³-hybridized carbons (Fsp3) is 0.375. The van der Waals surface area contributed by atoms with Crippen LogP contribution >= 0.6 is 11.3 Å². The van der Waals surface area contributed by atoms with Crippen molar-refractivity contribution in [2.45, 2.75) is 31.6 Å².